The van der Waals surface area contributed by atoms with Crippen LogP contribution in [0, 0.1) is 0 Å². The molecular formula is C16H18. The van der Waals surface area contributed by atoms with Crippen LogP contribution >= 0.6 is 0 Å². The summed E-state index contributed by atoms with van der Waals surface area (Å²) >= 11 is 0. The highest BCUT2D eigenvalue weighted by atomic mass is 14.1. The van der Waals surface area contributed by atoms with Gasteiger partial charge in [0.25, 0.3) is 0 Å². The summed E-state index contributed by atoms with van der Waals surface area (Å²) in [4.78, 5) is 0. The van der Waals surface area contributed by atoms with Crippen LogP contribution in [0.5, 0.6) is 0 Å². The minimum absolute atomic E-state index is 0.526. The van der Waals surface area contributed by atoms with Crippen molar-refractivity contribution in [2.24, 2.45) is 0 Å². The van der Waals surface area contributed by atoms with E-state index in [0.29, 0.717) is 5.92 Å². The fourth-order valence-electron chi connectivity index (χ4n) is 2.29. The van der Waals surface area contributed by atoms with E-state index in [9.17, 15) is 0 Å². The minimum atomic E-state index is 0.526. The first-order valence-electron chi connectivity index (χ1n) is 5.78. The molecule has 16 heavy (non-hydrogen) atoms. The molecule has 0 aliphatic heterocycles. The van der Waals surface area contributed by atoms with Crippen LogP contribution in [0.4, 0.5) is 0 Å². The molecule has 82 valence electrons. The molecule has 0 amide bonds. The van der Waals surface area contributed by atoms with Gasteiger partial charge in [0.1, 0.15) is 0 Å². The molecule has 0 heteroatoms. The smallest absolute Gasteiger partial charge is 0.0143 e. The van der Waals surface area contributed by atoms with Crippen molar-refractivity contribution in [3.05, 3.63) is 54.1 Å². The second-order valence-corrected chi connectivity index (χ2v) is 4.68. The first-order chi connectivity index (χ1) is 7.61. The molecule has 0 fully saturated rings. The summed E-state index contributed by atoms with van der Waals surface area (Å²) in [5, 5.41) is 2.68. The Labute approximate surface area is 97.6 Å². The maximum atomic E-state index is 4.08. The van der Waals surface area contributed by atoms with E-state index in [0.717, 1.165) is 5.57 Å². The van der Waals surface area contributed by atoms with Crippen LogP contribution in [0.15, 0.2) is 43.0 Å². The number of benzene rings is 2. The Balaban J connectivity index is 2.84. The van der Waals surface area contributed by atoms with Gasteiger partial charge in [0.05, 0.1) is 0 Å². The van der Waals surface area contributed by atoms with Gasteiger partial charge in [-0.15, -0.1) is 0 Å². The summed E-state index contributed by atoms with van der Waals surface area (Å²) in [7, 11) is 0. The van der Waals surface area contributed by atoms with Crippen LogP contribution in [-0.2, 0) is 0 Å². The zero-order valence-electron chi connectivity index (χ0n) is 10.2. The van der Waals surface area contributed by atoms with Crippen molar-refractivity contribution in [1.82, 2.24) is 0 Å². The van der Waals surface area contributed by atoms with Crippen LogP contribution in [0.1, 0.15) is 37.8 Å². The Bertz CT molecular complexity index is 533. The van der Waals surface area contributed by atoms with Gasteiger partial charge in [-0.3, -0.25) is 0 Å². The largest absolute Gasteiger partial charge is 0.0955 e. The lowest BCUT2D eigenvalue weighted by Gasteiger charge is -2.16. The fraction of sp³-hybridized carbons (Fsp3) is 0.250. The number of rotatable bonds is 2. The lowest BCUT2D eigenvalue weighted by molar-refractivity contribution is 0.872. The van der Waals surface area contributed by atoms with Crippen LogP contribution < -0.4 is 0 Å². The van der Waals surface area contributed by atoms with E-state index in [1.54, 1.807) is 0 Å². The second kappa shape index (κ2) is 4.13. The van der Waals surface area contributed by atoms with Crippen molar-refractivity contribution in [3.63, 3.8) is 0 Å². The van der Waals surface area contributed by atoms with E-state index in [1.165, 1.54) is 21.9 Å². The molecule has 0 N–H and O–H groups in total. The molecule has 2 aromatic rings. The number of hydrogen-bond acceptors (Lipinski definition) is 0. The Morgan fingerprint density at radius 2 is 1.75 bits per heavy atom. The van der Waals surface area contributed by atoms with Gasteiger partial charge in [0, 0.05) is 0 Å². The molecule has 0 aromatic heterocycles. The van der Waals surface area contributed by atoms with Crippen molar-refractivity contribution in [2.45, 2.75) is 26.7 Å². The van der Waals surface area contributed by atoms with Crippen LogP contribution in [0.3, 0.4) is 0 Å². The van der Waals surface area contributed by atoms with Gasteiger partial charge in [-0.05, 0) is 34.7 Å². The van der Waals surface area contributed by atoms with Crippen LogP contribution in [0.2, 0.25) is 0 Å². The topological polar surface area (TPSA) is 0 Å². The highest BCUT2D eigenvalue weighted by Gasteiger charge is 2.10. The predicted octanol–water partition coefficient (Wildman–Crippen LogP) is 5.00. The van der Waals surface area contributed by atoms with Crippen molar-refractivity contribution in [3.8, 4) is 0 Å². The Hall–Kier alpha value is -1.56. The summed E-state index contributed by atoms with van der Waals surface area (Å²) in [5.74, 6) is 0.526. The van der Waals surface area contributed by atoms with Gasteiger partial charge < -0.3 is 0 Å². The molecule has 0 saturated heterocycles. The van der Waals surface area contributed by atoms with E-state index in [2.05, 4.69) is 63.7 Å². The maximum absolute atomic E-state index is 4.08. The molecule has 0 heterocycles. The number of allylic oxidation sites excluding steroid dienone is 1. The predicted molar refractivity (Wildman–Crippen MR) is 72.7 cm³/mol. The van der Waals surface area contributed by atoms with Gasteiger partial charge in [-0.2, -0.15) is 0 Å². The summed E-state index contributed by atoms with van der Waals surface area (Å²) in [6.07, 6.45) is 0. The number of hydrogen-bond donors (Lipinski definition) is 0. The highest BCUT2D eigenvalue weighted by molar-refractivity contribution is 5.90. The Kier molecular flexibility index (Phi) is 2.82. The van der Waals surface area contributed by atoms with E-state index in [4.69, 9.17) is 0 Å². The molecule has 0 aliphatic rings. The second-order valence-electron chi connectivity index (χ2n) is 4.68. The van der Waals surface area contributed by atoms with Gasteiger partial charge in [0.15, 0.2) is 0 Å². The van der Waals surface area contributed by atoms with Gasteiger partial charge in [0.2, 0.25) is 0 Å². The summed E-state index contributed by atoms with van der Waals surface area (Å²) < 4.78 is 0. The maximum Gasteiger partial charge on any atom is -0.0143 e. The summed E-state index contributed by atoms with van der Waals surface area (Å²) in [5.41, 5.74) is 3.87. The monoisotopic (exact) mass is 210 g/mol. The molecule has 0 spiro atoms. The first-order valence-corrected chi connectivity index (χ1v) is 5.78. The van der Waals surface area contributed by atoms with Crippen molar-refractivity contribution in [2.75, 3.05) is 0 Å². The molecule has 0 bridgehead atoms. The van der Waals surface area contributed by atoms with Crippen molar-refractivity contribution < 1.29 is 0 Å². The normalized spacial score (nSPS) is 11.0. The van der Waals surface area contributed by atoms with Crippen molar-refractivity contribution in [1.29, 1.82) is 0 Å². The van der Waals surface area contributed by atoms with Gasteiger partial charge in [-0.25, -0.2) is 0 Å². The van der Waals surface area contributed by atoms with Crippen LogP contribution in [-0.4, -0.2) is 0 Å². The zero-order valence-corrected chi connectivity index (χ0v) is 10.2. The molecule has 0 saturated carbocycles. The molecular weight excluding hydrogens is 192 g/mol. The fourth-order valence-corrected chi connectivity index (χ4v) is 2.29. The lowest BCUT2D eigenvalue weighted by atomic mass is 9.89. The van der Waals surface area contributed by atoms with E-state index >= 15 is 0 Å². The van der Waals surface area contributed by atoms with Crippen molar-refractivity contribution >= 4 is 16.3 Å². The summed E-state index contributed by atoms with van der Waals surface area (Å²) in [6.45, 7) is 10.6. The third-order valence-electron chi connectivity index (χ3n) is 3.01. The molecule has 0 nitrogen and oxygen atoms in total. The van der Waals surface area contributed by atoms with E-state index < -0.39 is 0 Å². The SMILES string of the molecule is C=C(C)c1ccc2ccccc2c1C(C)C. The van der Waals surface area contributed by atoms with Gasteiger partial charge >= 0.3 is 0 Å². The van der Waals surface area contributed by atoms with E-state index in [1.807, 2.05) is 0 Å². The molecule has 2 aromatic carbocycles. The highest BCUT2D eigenvalue weighted by Crippen LogP contribution is 2.32. The van der Waals surface area contributed by atoms with Gasteiger partial charge in [-0.1, -0.05) is 62.4 Å². The quantitative estimate of drug-likeness (QED) is 0.654. The Morgan fingerprint density at radius 3 is 2.38 bits per heavy atom. The molecule has 0 aliphatic carbocycles. The average Bonchev–Trinajstić information content (AvgIpc) is 2.27. The Morgan fingerprint density at radius 1 is 1.06 bits per heavy atom. The molecule has 0 unspecified atom stereocenters. The molecule has 2 rings (SSSR count). The summed E-state index contributed by atoms with van der Waals surface area (Å²) in [6, 6.07) is 13.0. The molecule has 0 radical (unpaired) electrons. The minimum Gasteiger partial charge on any atom is -0.0955 e. The zero-order chi connectivity index (χ0) is 11.7. The third kappa shape index (κ3) is 1.76. The average molecular weight is 210 g/mol. The van der Waals surface area contributed by atoms with E-state index in [-0.39, 0.29) is 0 Å². The number of fused-ring (bicyclic) bond motifs is 1. The standard InChI is InChI=1S/C16H18/c1-11(2)14-10-9-13-7-5-6-8-15(13)16(14)12(3)4/h5-10,12H,1H2,2-4H3. The third-order valence-corrected chi connectivity index (χ3v) is 3.01. The lowest BCUT2D eigenvalue weighted by Crippen LogP contribution is -1.95. The molecule has 0 atom stereocenters. The van der Waals surface area contributed by atoms with Crippen LogP contribution in [0.25, 0.3) is 16.3 Å². The first kappa shape index (κ1) is 10.9.